The number of hydrogen-bond acceptors (Lipinski definition) is 5. The maximum Gasteiger partial charge on any atom is 0.269 e. The van der Waals surface area contributed by atoms with Crippen molar-refractivity contribution in [2.24, 2.45) is 0 Å². The van der Waals surface area contributed by atoms with Crippen molar-refractivity contribution >= 4 is 40.9 Å². The van der Waals surface area contributed by atoms with E-state index in [1.54, 1.807) is 36.1 Å². The van der Waals surface area contributed by atoms with Crippen LogP contribution in [0.2, 0.25) is 5.02 Å². The second-order valence-electron chi connectivity index (χ2n) is 7.41. The standard InChI is InChI=1S/C22H26ClN3O4S/c1-15(2)24-22(28)16(3)25(12-18-5-4-6-19(23)11-18)21(27)14-31-13-17-7-9-20(10-8-17)26(29)30/h4-11,15-16H,12-14H2,1-3H3,(H,24,28)/t16-/m0/s1. The fourth-order valence-electron chi connectivity index (χ4n) is 2.87. The predicted octanol–water partition coefficient (Wildman–Crippen LogP) is 4.42. The first-order valence-corrected chi connectivity index (χ1v) is 11.4. The van der Waals surface area contributed by atoms with Crippen molar-refractivity contribution in [1.82, 2.24) is 10.2 Å². The van der Waals surface area contributed by atoms with Gasteiger partial charge in [0.1, 0.15) is 6.04 Å². The van der Waals surface area contributed by atoms with Crippen LogP contribution in [0.25, 0.3) is 0 Å². The predicted molar refractivity (Wildman–Crippen MR) is 124 cm³/mol. The fourth-order valence-corrected chi connectivity index (χ4v) is 3.96. The van der Waals surface area contributed by atoms with Crippen LogP contribution in [-0.2, 0) is 21.9 Å². The third kappa shape index (κ3) is 7.88. The first-order valence-electron chi connectivity index (χ1n) is 9.82. The van der Waals surface area contributed by atoms with E-state index in [4.69, 9.17) is 11.6 Å². The van der Waals surface area contributed by atoms with Gasteiger partial charge < -0.3 is 10.2 Å². The van der Waals surface area contributed by atoms with Crippen molar-refractivity contribution < 1.29 is 14.5 Å². The number of amides is 2. The van der Waals surface area contributed by atoms with Gasteiger partial charge in [0.2, 0.25) is 11.8 Å². The molecule has 1 atom stereocenters. The van der Waals surface area contributed by atoms with Crippen LogP contribution in [0.15, 0.2) is 48.5 Å². The topological polar surface area (TPSA) is 92.6 Å². The van der Waals surface area contributed by atoms with Crippen LogP contribution >= 0.6 is 23.4 Å². The number of non-ortho nitro benzene ring substituents is 1. The molecule has 0 saturated heterocycles. The summed E-state index contributed by atoms with van der Waals surface area (Å²) < 4.78 is 0. The number of halogens is 1. The zero-order valence-electron chi connectivity index (χ0n) is 17.7. The molecular formula is C22H26ClN3O4S. The van der Waals surface area contributed by atoms with Gasteiger partial charge in [0.25, 0.3) is 5.69 Å². The minimum absolute atomic E-state index is 0.0301. The van der Waals surface area contributed by atoms with Crippen LogP contribution in [0.5, 0.6) is 0 Å². The van der Waals surface area contributed by atoms with Crippen molar-refractivity contribution in [3.8, 4) is 0 Å². The molecule has 0 aliphatic carbocycles. The Bertz CT molecular complexity index is 921. The molecule has 0 radical (unpaired) electrons. The molecule has 166 valence electrons. The molecule has 0 aliphatic heterocycles. The van der Waals surface area contributed by atoms with E-state index in [0.717, 1.165) is 11.1 Å². The summed E-state index contributed by atoms with van der Waals surface area (Å²) in [7, 11) is 0. The Morgan fingerprint density at radius 1 is 1.13 bits per heavy atom. The van der Waals surface area contributed by atoms with E-state index in [0.29, 0.717) is 10.8 Å². The van der Waals surface area contributed by atoms with Gasteiger partial charge in [-0.25, -0.2) is 0 Å². The van der Waals surface area contributed by atoms with Gasteiger partial charge in [-0.2, -0.15) is 0 Å². The van der Waals surface area contributed by atoms with Gasteiger partial charge in [-0.1, -0.05) is 35.9 Å². The highest BCUT2D eigenvalue weighted by Crippen LogP contribution is 2.19. The molecule has 0 heterocycles. The summed E-state index contributed by atoms with van der Waals surface area (Å²) in [5, 5.41) is 14.2. The molecule has 0 fully saturated rings. The van der Waals surface area contributed by atoms with Crippen molar-refractivity contribution in [2.75, 3.05) is 5.75 Å². The largest absolute Gasteiger partial charge is 0.352 e. The second kappa shape index (κ2) is 11.7. The van der Waals surface area contributed by atoms with Crippen molar-refractivity contribution in [3.63, 3.8) is 0 Å². The normalized spacial score (nSPS) is 11.8. The molecule has 0 spiro atoms. The van der Waals surface area contributed by atoms with E-state index in [2.05, 4.69) is 5.32 Å². The minimum atomic E-state index is -0.645. The summed E-state index contributed by atoms with van der Waals surface area (Å²) in [4.78, 5) is 37.4. The lowest BCUT2D eigenvalue weighted by Gasteiger charge is -2.29. The zero-order valence-corrected chi connectivity index (χ0v) is 19.3. The highest BCUT2D eigenvalue weighted by atomic mass is 35.5. The van der Waals surface area contributed by atoms with E-state index in [1.807, 2.05) is 26.0 Å². The monoisotopic (exact) mass is 463 g/mol. The number of carbonyl (C=O) groups is 2. The average molecular weight is 464 g/mol. The van der Waals surface area contributed by atoms with Crippen LogP contribution in [-0.4, -0.2) is 39.5 Å². The van der Waals surface area contributed by atoms with Crippen molar-refractivity contribution in [2.45, 2.75) is 45.2 Å². The quantitative estimate of drug-likeness (QED) is 0.415. The van der Waals surface area contributed by atoms with Crippen LogP contribution in [0.1, 0.15) is 31.9 Å². The van der Waals surface area contributed by atoms with Gasteiger partial charge >= 0.3 is 0 Å². The van der Waals surface area contributed by atoms with E-state index in [9.17, 15) is 19.7 Å². The molecule has 0 bridgehead atoms. The Morgan fingerprint density at radius 2 is 1.81 bits per heavy atom. The van der Waals surface area contributed by atoms with Crippen LogP contribution in [0.4, 0.5) is 5.69 Å². The van der Waals surface area contributed by atoms with Gasteiger partial charge in [-0.3, -0.25) is 19.7 Å². The van der Waals surface area contributed by atoms with Gasteiger partial charge in [0.05, 0.1) is 10.7 Å². The number of rotatable bonds is 10. The number of benzene rings is 2. The molecule has 2 aromatic rings. The summed E-state index contributed by atoms with van der Waals surface area (Å²) >= 11 is 7.47. The van der Waals surface area contributed by atoms with Crippen LogP contribution < -0.4 is 5.32 Å². The number of hydrogen-bond donors (Lipinski definition) is 1. The molecule has 2 amide bonds. The smallest absolute Gasteiger partial charge is 0.269 e. The van der Waals surface area contributed by atoms with Gasteiger partial charge in [0, 0.05) is 35.5 Å². The Labute approximate surface area is 191 Å². The van der Waals surface area contributed by atoms with Gasteiger partial charge in [0.15, 0.2) is 0 Å². The lowest BCUT2D eigenvalue weighted by molar-refractivity contribution is -0.384. The fraction of sp³-hybridized carbons (Fsp3) is 0.364. The lowest BCUT2D eigenvalue weighted by Crippen LogP contribution is -2.49. The summed E-state index contributed by atoms with van der Waals surface area (Å²) in [5.41, 5.74) is 1.75. The number of carbonyl (C=O) groups excluding carboxylic acids is 2. The van der Waals surface area contributed by atoms with Crippen LogP contribution in [0.3, 0.4) is 0 Å². The van der Waals surface area contributed by atoms with Gasteiger partial charge in [-0.15, -0.1) is 11.8 Å². The summed E-state index contributed by atoms with van der Waals surface area (Å²) in [6.45, 7) is 5.72. The molecule has 0 aromatic heterocycles. The molecule has 7 nitrogen and oxygen atoms in total. The molecule has 0 aliphatic rings. The second-order valence-corrected chi connectivity index (χ2v) is 8.83. The average Bonchev–Trinajstić information content (AvgIpc) is 2.71. The minimum Gasteiger partial charge on any atom is -0.352 e. The number of nitro benzene ring substituents is 1. The highest BCUT2D eigenvalue weighted by molar-refractivity contribution is 7.99. The van der Waals surface area contributed by atoms with Crippen molar-refractivity contribution in [3.05, 3.63) is 74.8 Å². The lowest BCUT2D eigenvalue weighted by atomic mass is 10.1. The number of nitrogens with one attached hydrogen (secondary N) is 1. The zero-order chi connectivity index (χ0) is 23.0. The van der Waals surface area contributed by atoms with Gasteiger partial charge in [-0.05, 0) is 44.0 Å². The van der Waals surface area contributed by atoms with E-state index < -0.39 is 11.0 Å². The van der Waals surface area contributed by atoms with E-state index in [-0.39, 0.29) is 35.8 Å². The maximum atomic E-state index is 13.0. The first kappa shape index (κ1) is 24.7. The SMILES string of the molecule is CC(C)NC(=O)[C@H](C)N(Cc1cccc(Cl)c1)C(=O)CSCc1ccc([N+](=O)[O-])cc1. The summed E-state index contributed by atoms with van der Waals surface area (Å²) in [6.07, 6.45) is 0. The molecule has 0 unspecified atom stereocenters. The first-order chi connectivity index (χ1) is 14.7. The third-order valence-electron chi connectivity index (χ3n) is 4.48. The molecule has 9 heteroatoms. The summed E-state index contributed by atoms with van der Waals surface area (Å²) in [5.74, 6) is 0.321. The molecular weight excluding hydrogens is 438 g/mol. The Hall–Kier alpha value is -2.58. The number of nitrogens with zero attached hydrogens (tertiary/aromatic N) is 2. The molecule has 1 N–H and O–H groups in total. The highest BCUT2D eigenvalue weighted by Gasteiger charge is 2.26. The number of nitro groups is 1. The maximum absolute atomic E-state index is 13.0. The van der Waals surface area contributed by atoms with Crippen molar-refractivity contribution in [1.29, 1.82) is 0 Å². The molecule has 31 heavy (non-hydrogen) atoms. The Kier molecular flexibility index (Phi) is 9.33. The molecule has 2 rings (SSSR count). The number of thioether (sulfide) groups is 1. The third-order valence-corrected chi connectivity index (χ3v) is 5.71. The van der Waals surface area contributed by atoms with Crippen LogP contribution in [0, 0.1) is 10.1 Å². The van der Waals surface area contributed by atoms with E-state index >= 15 is 0 Å². The van der Waals surface area contributed by atoms with E-state index in [1.165, 1.54) is 23.9 Å². The Balaban J connectivity index is 2.05. The summed E-state index contributed by atoms with van der Waals surface area (Å²) in [6, 6.07) is 12.8. The molecule has 0 saturated carbocycles. The Morgan fingerprint density at radius 3 is 2.39 bits per heavy atom. The molecule has 2 aromatic carbocycles.